The van der Waals surface area contributed by atoms with Crippen LogP contribution in [0.3, 0.4) is 0 Å². The lowest BCUT2D eigenvalue weighted by atomic mass is 9.55. The molecule has 0 atom stereocenters. The molecule has 0 spiro atoms. The first-order chi connectivity index (χ1) is 8.56. The molecule has 18 heavy (non-hydrogen) atoms. The van der Waals surface area contributed by atoms with E-state index in [1.807, 2.05) is 12.1 Å². The summed E-state index contributed by atoms with van der Waals surface area (Å²) in [6, 6.07) is 20.7. The highest BCUT2D eigenvalue weighted by molar-refractivity contribution is 6.80. The van der Waals surface area contributed by atoms with Gasteiger partial charge in [0.25, 0.3) is 0 Å². The van der Waals surface area contributed by atoms with E-state index in [-0.39, 0.29) is 12.5 Å². The summed E-state index contributed by atoms with van der Waals surface area (Å²) >= 11 is 0. The Morgan fingerprint density at radius 2 is 1.11 bits per heavy atom. The summed E-state index contributed by atoms with van der Waals surface area (Å²) < 4.78 is 6.21. The zero-order valence-electron chi connectivity index (χ0n) is 11.3. The van der Waals surface area contributed by atoms with Gasteiger partial charge in [0, 0.05) is 5.60 Å². The van der Waals surface area contributed by atoms with Crippen molar-refractivity contribution in [3.8, 4) is 0 Å². The first-order valence-corrected chi connectivity index (χ1v) is 6.34. The van der Waals surface area contributed by atoms with Crippen LogP contribution in [0.25, 0.3) is 0 Å². The fourth-order valence-corrected chi connectivity index (χ4v) is 1.94. The van der Waals surface area contributed by atoms with E-state index >= 15 is 0 Å². The zero-order chi connectivity index (χ0) is 13.0. The maximum Gasteiger partial charge on any atom is 0.362 e. The van der Waals surface area contributed by atoms with Gasteiger partial charge in [-0.1, -0.05) is 60.7 Å². The molecule has 92 valence electrons. The molecule has 2 aromatic carbocycles. The largest absolute Gasteiger partial charge is 0.422 e. The Labute approximate surface area is 110 Å². The molecule has 0 fully saturated rings. The van der Waals surface area contributed by atoms with Gasteiger partial charge in [0.1, 0.15) is 0 Å². The smallest absolute Gasteiger partial charge is 0.362 e. The molecule has 0 saturated heterocycles. The van der Waals surface area contributed by atoms with Gasteiger partial charge in [-0.2, -0.15) is 0 Å². The fourth-order valence-electron chi connectivity index (χ4n) is 1.94. The van der Waals surface area contributed by atoms with Crippen LogP contribution in [0.15, 0.2) is 60.7 Å². The van der Waals surface area contributed by atoms with E-state index in [2.05, 4.69) is 69.3 Å². The summed E-state index contributed by atoms with van der Waals surface area (Å²) in [6.07, 6.45) is 0. The molecule has 0 aliphatic carbocycles. The summed E-state index contributed by atoms with van der Waals surface area (Å²) in [6.45, 7) is 6.26. The molecule has 0 bridgehead atoms. The summed E-state index contributed by atoms with van der Waals surface area (Å²) in [7, 11) is 0. The maximum atomic E-state index is 6.21. The van der Waals surface area contributed by atoms with Crippen molar-refractivity contribution in [2.75, 3.05) is 0 Å². The van der Waals surface area contributed by atoms with Crippen LogP contribution in [0.4, 0.5) is 0 Å². The minimum absolute atomic E-state index is 0.00704. The van der Waals surface area contributed by atoms with Gasteiger partial charge in [0.2, 0.25) is 0 Å². The van der Waals surface area contributed by atoms with Gasteiger partial charge in [0.15, 0.2) is 0 Å². The number of rotatable bonds is 3. The van der Waals surface area contributed by atoms with Gasteiger partial charge >= 0.3 is 6.92 Å². The number of hydrogen-bond acceptors (Lipinski definition) is 1. The molecule has 0 heterocycles. The van der Waals surface area contributed by atoms with Crippen molar-refractivity contribution in [2.45, 2.75) is 26.4 Å². The van der Waals surface area contributed by atoms with Crippen molar-refractivity contribution in [3.63, 3.8) is 0 Å². The van der Waals surface area contributed by atoms with Crippen LogP contribution in [0.5, 0.6) is 0 Å². The van der Waals surface area contributed by atoms with Gasteiger partial charge in [-0.3, -0.25) is 0 Å². The van der Waals surface area contributed by atoms with Gasteiger partial charge in [0.05, 0.1) is 0 Å². The van der Waals surface area contributed by atoms with Crippen molar-refractivity contribution >= 4 is 17.8 Å². The second kappa shape index (κ2) is 5.41. The molecule has 2 aromatic rings. The molecule has 2 heteroatoms. The van der Waals surface area contributed by atoms with Crippen LogP contribution in [-0.4, -0.2) is 12.5 Å². The summed E-state index contributed by atoms with van der Waals surface area (Å²) in [5.74, 6) is 0. The fraction of sp³-hybridized carbons (Fsp3) is 0.250. The predicted molar refractivity (Wildman–Crippen MR) is 78.7 cm³/mol. The van der Waals surface area contributed by atoms with Gasteiger partial charge in [-0.25, -0.2) is 0 Å². The molecule has 0 unspecified atom stereocenters. The van der Waals surface area contributed by atoms with E-state index < -0.39 is 0 Å². The second-order valence-corrected chi connectivity index (χ2v) is 5.43. The molecule has 0 aromatic heterocycles. The normalized spacial score (nSPS) is 11.3. The molecule has 0 amide bonds. The second-order valence-electron chi connectivity index (χ2n) is 5.43. The molecule has 1 nitrogen and oxygen atoms in total. The minimum atomic E-state index is -0.170. The Morgan fingerprint density at radius 3 is 1.44 bits per heavy atom. The van der Waals surface area contributed by atoms with Crippen molar-refractivity contribution < 1.29 is 4.65 Å². The van der Waals surface area contributed by atoms with Gasteiger partial charge < -0.3 is 4.65 Å². The van der Waals surface area contributed by atoms with Crippen LogP contribution in [0, 0.1) is 0 Å². The van der Waals surface area contributed by atoms with Crippen LogP contribution < -0.4 is 10.9 Å². The standard InChI is InChI=1S/C16H19BO/c1-16(2,3)18-17(14-10-6-4-7-11-14)15-12-8-5-9-13-15/h4-13H,1-3H3. The Bertz CT molecular complexity index is 434. The van der Waals surface area contributed by atoms with Crippen LogP contribution >= 0.6 is 0 Å². The van der Waals surface area contributed by atoms with Crippen LogP contribution in [-0.2, 0) is 4.65 Å². The molecule has 0 saturated carbocycles. The average molecular weight is 238 g/mol. The molecule has 0 N–H and O–H groups in total. The Kier molecular flexibility index (Phi) is 3.88. The van der Waals surface area contributed by atoms with Crippen molar-refractivity contribution in [1.82, 2.24) is 0 Å². The van der Waals surface area contributed by atoms with E-state index in [1.54, 1.807) is 0 Å². The van der Waals surface area contributed by atoms with E-state index in [0.717, 1.165) is 0 Å². The highest BCUT2D eigenvalue weighted by Gasteiger charge is 2.26. The van der Waals surface area contributed by atoms with Crippen molar-refractivity contribution in [3.05, 3.63) is 60.7 Å². The van der Waals surface area contributed by atoms with E-state index in [9.17, 15) is 0 Å². The lowest BCUT2D eigenvalue weighted by Crippen LogP contribution is -2.49. The Morgan fingerprint density at radius 1 is 0.722 bits per heavy atom. The van der Waals surface area contributed by atoms with Crippen LogP contribution in [0.2, 0.25) is 0 Å². The quantitative estimate of drug-likeness (QED) is 0.747. The number of benzene rings is 2. The van der Waals surface area contributed by atoms with E-state index in [0.29, 0.717) is 0 Å². The third-order valence-corrected chi connectivity index (χ3v) is 2.68. The lowest BCUT2D eigenvalue weighted by molar-refractivity contribution is 0.136. The Balaban J connectivity index is 2.36. The van der Waals surface area contributed by atoms with Gasteiger partial charge in [-0.05, 0) is 31.7 Å². The first-order valence-electron chi connectivity index (χ1n) is 6.34. The topological polar surface area (TPSA) is 9.23 Å². The summed E-state index contributed by atoms with van der Waals surface area (Å²) in [5.41, 5.74) is 2.22. The third kappa shape index (κ3) is 3.48. The maximum absolute atomic E-state index is 6.21. The molecule has 2 rings (SSSR count). The first kappa shape index (κ1) is 12.9. The van der Waals surface area contributed by atoms with Crippen molar-refractivity contribution in [1.29, 1.82) is 0 Å². The van der Waals surface area contributed by atoms with Crippen LogP contribution in [0.1, 0.15) is 20.8 Å². The molecular weight excluding hydrogens is 219 g/mol. The van der Waals surface area contributed by atoms with Crippen molar-refractivity contribution in [2.24, 2.45) is 0 Å². The molecule has 0 aliphatic heterocycles. The SMILES string of the molecule is CC(C)(C)OB(c1ccccc1)c1ccccc1. The third-order valence-electron chi connectivity index (χ3n) is 2.68. The summed E-state index contributed by atoms with van der Waals surface area (Å²) in [5, 5.41) is 0. The minimum Gasteiger partial charge on any atom is -0.422 e. The van der Waals surface area contributed by atoms with Gasteiger partial charge in [-0.15, -0.1) is 0 Å². The van der Waals surface area contributed by atoms with E-state index in [4.69, 9.17) is 4.65 Å². The van der Waals surface area contributed by atoms with E-state index in [1.165, 1.54) is 10.9 Å². The highest BCUT2D eigenvalue weighted by Crippen LogP contribution is 2.09. The Hall–Kier alpha value is -1.54. The summed E-state index contributed by atoms with van der Waals surface area (Å²) in [4.78, 5) is 0. The predicted octanol–water partition coefficient (Wildman–Crippen LogP) is 2.61. The zero-order valence-corrected chi connectivity index (χ0v) is 11.3. The number of hydrogen-bond donors (Lipinski definition) is 0. The molecule has 0 radical (unpaired) electrons. The monoisotopic (exact) mass is 238 g/mol. The molecule has 0 aliphatic rings. The highest BCUT2D eigenvalue weighted by atomic mass is 16.5. The average Bonchev–Trinajstić information content (AvgIpc) is 2.37. The molecular formula is C16H19BO. The lowest BCUT2D eigenvalue weighted by Gasteiger charge is -2.26.